The molecular weight excluding hydrogens is 226 g/mol. The minimum Gasteiger partial charge on any atom is -0.444 e. The molecule has 18 heavy (non-hydrogen) atoms. The van der Waals surface area contributed by atoms with Gasteiger partial charge in [0.15, 0.2) is 0 Å². The first-order chi connectivity index (χ1) is 8.77. The summed E-state index contributed by atoms with van der Waals surface area (Å²) in [4.78, 5) is 13.9. The Balaban J connectivity index is 2.31. The van der Waals surface area contributed by atoms with E-state index < -0.39 is 0 Å². The van der Waals surface area contributed by atoms with Crippen LogP contribution >= 0.6 is 0 Å². The molecule has 1 amide bonds. The normalized spacial score (nSPS) is 14.6. The maximum absolute atomic E-state index is 12.1. The highest BCUT2D eigenvalue weighted by molar-refractivity contribution is 5.91. The van der Waals surface area contributed by atoms with E-state index in [-0.39, 0.29) is 12.1 Å². The maximum atomic E-state index is 12.1. The molecule has 0 aliphatic carbocycles. The molecule has 0 fully saturated rings. The van der Waals surface area contributed by atoms with Gasteiger partial charge in [0, 0.05) is 11.6 Å². The Morgan fingerprint density at radius 2 is 1.89 bits per heavy atom. The van der Waals surface area contributed by atoms with Crippen molar-refractivity contribution >= 4 is 11.8 Å². The third kappa shape index (κ3) is 2.50. The quantitative estimate of drug-likeness (QED) is 0.783. The van der Waals surface area contributed by atoms with Gasteiger partial charge in [-0.05, 0) is 18.9 Å². The van der Waals surface area contributed by atoms with Crippen molar-refractivity contribution in [2.75, 3.05) is 4.90 Å². The topological polar surface area (TPSA) is 29.5 Å². The molecule has 0 saturated carbocycles. The lowest BCUT2D eigenvalue weighted by Gasteiger charge is -2.35. The van der Waals surface area contributed by atoms with Crippen molar-refractivity contribution in [1.82, 2.24) is 0 Å². The van der Waals surface area contributed by atoms with Gasteiger partial charge >= 0.3 is 6.09 Å². The second kappa shape index (κ2) is 5.89. The number of para-hydroxylation sites is 1. The molecular formula is C15H21NO2. The Hall–Kier alpha value is -1.51. The number of hydrogen-bond donors (Lipinski definition) is 0. The van der Waals surface area contributed by atoms with Crippen LogP contribution in [0.15, 0.2) is 24.3 Å². The zero-order valence-electron chi connectivity index (χ0n) is 11.2. The monoisotopic (exact) mass is 247 g/mol. The van der Waals surface area contributed by atoms with Gasteiger partial charge in [-0.1, -0.05) is 44.9 Å². The Bertz CT molecular complexity index is 411. The minimum atomic E-state index is -0.194. The van der Waals surface area contributed by atoms with Crippen LogP contribution in [0.2, 0.25) is 0 Å². The van der Waals surface area contributed by atoms with Crippen LogP contribution in [0.1, 0.15) is 45.1 Å². The third-order valence-corrected chi connectivity index (χ3v) is 3.41. The molecule has 0 spiro atoms. The molecule has 1 aromatic rings. The summed E-state index contributed by atoms with van der Waals surface area (Å²) < 4.78 is 5.28. The summed E-state index contributed by atoms with van der Waals surface area (Å²) in [7, 11) is 0. The molecule has 98 valence electrons. The Labute approximate surface area is 109 Å². The highest BCUT2D eigenvalue weighted by atomic mass is 16.6. The Morgan fingerprint density at radius 3 is 2.56 bits per heavy atom. The first-order valence-corrected chi connectivity index (χ1v) is 6.81. The maximum Gasteiger partial charge on any atom is 0.414 e. The largest absolute Gasteiger partial charge is 0.444 e. The number of amides is 1. The van der Waals surface area contributed by atoms with E-state index in [4.69, 9.17) is 4.74 Å². The Morgan fingerprint density at radius 1 is 1.22 bits per heavy atom. The number of ether oxygens (including phenoxy) is 1. The number of benzene rings is 1. The molecule has 0 saturated heterocycles. The molecule has 0 atom stereocenters. The number of fused-ring (bicyclic) bond motifs is 1. The average Bonchev–Trinajstić information content (AvgIpc) is 2.38. The van der Waals surface area contributed by atoms with Crippen molar-refractivity contribution in [3.63, 3.8) is 0 Å². The van der Waals surface area contributed by atoms with E-state index in [1.54, 1.807) is 0 Å². The molecule has 0 aromatic heterocycles. The summed E-state index contributed by atoms with van der Waals surface area (Å²) in [6.07, 6.45) is 4.02. The second-order valence-electron chi connectivity index (χ2n) is 4.78. The molecule has 3 heteroatoms. The van der Waals surface area contributed by atoms with Crippen molar-refractivity contribution in [1.29, 1.82) is 0 Å². The summed E-state index contributed by atoms with van der Waals surface area (Å²) in [6.45, 7) is 4.71. The van der Waals surface area contributed by atoms with Gasteiger partial charge in [-0.15, -0.1) is 0 Å². The molecule has 0 radical (unpaired) electrons. The van der Waals surface area contributed by atoms with Gasteiger partial charge in [-0.2, -0.15) is 0 Å². The van der Waals surface area contributed by atoms with E-state index in [9.17, 15) is 4.79 Å². The number of cyclic esters (lactones) is 1. The van der Waals surface area contributed by atoms with Gasteiger partial charge in [-0.25, -0.2) is 4.79 Å². The highest BCUT2D eigenvalue weighted by Crippen LogP contribution is 2.31. The number of hydrogen-bond acceptors (Lipinski definition) is 2. The lowest BCUT2D eigenvalue weighted by atomic mass is 10.0. The fourth-order valence-electron chi connectivity index (χ4n) is 2.59. The van der Waals surface area contributed by atoms with E-state index in [2.05, 4.69) is 13.8 Å². The summed E-state index contributed by atoms with van der Waals surface area (Å²) in [5.74, 6) is 0. The zero-order chi connectivity index (χ0) is 13.0. The van der Waals surface area contributed by atoms with Crippen molar-refractivity contribution in [3.05, 3.63) is 29.8 Å². The Kier molecular flexibility index (Phi) is 4.24. The van der Waals surface area contributed by atoms with Crippen molar-refractivity contribution < 1.29 is 9.53 Å². The highest BCUT2D eigenvalue weighted by Gasteiger charge is 2.30. The van der Waals surface area contributed by atoms with E-state index in [0.29, 0.717) is 6.61 Å². The van der Waals surface area contributed by atoms with Gasteiger partial charge in [0.05, 0.1) is 5.69 Å². The number of nitrogens with zero attached hydrogens (tertiary/aromatic N) is 1. The van der Waals surface area contributed by atoms with Crippen LogP contribution in [-0.4, -0.2) is 12.1 Å². The molecule has 3 nitrogen and oxygen atoms in total. The van der Waals surface area contributed by atoms with Gasteiger partial charge in [0.2, 0.25) is 0 Å². The van der Waals surface area contributed by atoms with E-state index in [1.165, 1.54) is 0 Å². The number of rotatable bonds is 5. The third-order valence-electron chi connectivity index (χ3n) is 3.41. The SMILES string of the molecule is CCCC(CCC)N1C(=O)OCc2ccccc21. The molecule has 1 heterocycles. The van der Waals surface area contributed by atoms with Crippen LogP contribution in [0.5, 0.6) is 0 Å². The standard InChI is InChI=1S/C15H21NO2/c1-3-7-13(8-4-2)16-14-10-6-5-9-12(14)11-18-15(16)17/h5-6,9-10,13H,3-4,7-8,11H2,1-2H3. The molecule has 0 unspecified atom stereocenters. The van der Waals surface area contributed by atoms with Crippen LogP contribution in [-0.2, 0) is 11.3 Å². The molecule has 1 aromatic carbocycles. The smallest absolute Gasteiger partial charge is 0.414 e. The van der Waals surface area contributed by atoms with Gasteiger partial charge in [0.1, 0.15) is 6.61 Å². The van der Waals surface area contributed by atoms with Crippen molar-refractivity contribution in [2.45, 2.75) is 52.2 Å². The molecule has 0 N–H and O–H groups in total. The van der Waals surface area contributed by atoms with E-state index in [1.807, 2.05) is 29.2 Å². The number of carbonyl (C=O) groups excluding carboxylic acids is 1. The van der Waals surface area contributed by atoms with Crippen LogP contribution in [0.4, 0.5) is 10.5 Å². The first kappa shape index (κ1) is 12.9. The summed E-state index contributed by atoms with van der Waals surface area (Å²) in [6, 6.07) is 8.29. The molecule has 2 rings (SSSR count). The lowest BCUT2D eigenvalue weighted by molar-refractivity contribution is 0.138. The minimum absolute atomic E-state index is 0.194. The predicted octanol–water partition coefficient (Wildman–Crippen LogP) is 4.11. The molecule has 1 aliphatic rings. The van der Waals surface area contributed by atoms with Gasteiger partial charge in [-0.3, -0.25) is 4.90 Å². The van der Waals surface area contributed by atoms with Crippen molar-refractivity contribution in [2.24, 2.45) is 0 Å². The predicted molar refractivity (Wildman–Crippen MR) is 72.7 cm³/mol. The second-order valence-corrected chi connectivity index (χ2v) is 4.78. The number of anilines is 1. The molecule has 0 bridgehead atoms. The average molecular weight is 247 g/mol. The van der Waals surface area contributed by atoms with Crippen molar-refractivity contribution in [3.8, 4) is 0 Å². The van der Waals surface area contributed by atoms with Crippen LogP contribution in [0.25, 0.3) is 0 Å². The van der Waals surface area contributed by atoms with Crippen LogP contribution < -0.4 is 4.90 Å². The first-order valence-electron chi connectivity index (χ1n) is 6.81. The summed E-state index contributed by atoms with van der Waals surface area (Å²) in [5.41, 5.74) is 2.13. The lowest BCUT2D eigenvalue weighted by Crippen LogP contribution is -2.43. The fraction of sp³-hybridized carbons (Fsp3) is 0.533. The number of carbonyl (C=O) groups is 1. The summed E-state index contributed by atoms with van der Waals surface area (Å²) >= 11 is 0. The van der Waals surface area contributed by atoms with Crippen LogP contribution in [0, 0.1) is 0 Å². The zero-order valence-corrected chi connectivity index (χ0v) is 11.2. The van der Waals surface area contributed by atoms with E-state index in [0.717, 1.165) is 36.9 Å². The van der Waals surface area contributed by atoms with Crippen LogP contribution in [0.3, 0.4) is 0 Å². The van der Waals surface area contributed by atoms with Gasteiger partial charge < -0.3 is 4.74 Å². The fourth-order valence-corrected chi connectivity index (χ4v) is 2.59. The summed E-state index contributed by atoms with van der Waals surface area (Å²) in [5, 5.41) is 0. The molecule has 1 aliphatic heterocycles. The van der Waals surface area contributed by atoms with Gasteiger partial charge in [0.25, 0.3) is 0 Å². The van der Waals surface area contributed by atoms with E-state index >= 15 is 0 Å².